The summed E-state index contributed by atoms with van der Waals surface area (Å²) >= 11 is 0. The Morgan fingerprint density at radius 1 is 0.886 bits per heavy atom. The van der Waals surface area contributed by atoms with Gasteiger partial charge in [0.15, 0.2) is 0 Å². The van der Waals surface area contributed by atoms with Crippen molar-refractivity contribution in [2.75, 3.05) is 6.61 Å². The van der Waals surface area contributed by atoms with Gasteiger partial charge in [0.1, 0.15) is 12.6 Å². The summed E-state index contributed by atoms with van der Waals surface area (Å²) in [6.45, 7) is 4.21. The number of rotatable bonds is 13. The van der Waals surface area contributed by atoms with E-state index in [0.29, 0.717) is 19.3 Å². The summed E-state index contributed by atoms with van der Waals surface area (Å²) in [6, 6.07) is 14.9. The first-order valence-corrected chi connectivity index (χ1v) is 12.6. The van der Waals surface area contributed by atoms with Gasteiger partial charge in [0.05, 0.1) is 0 Å². The van der Waals surface area contributed by atoms with Crippen LogP contribution in [0.25, 0.3) is 11.1 Å². The highest BCUT2D eigenvalue weighted by molar-refractivity contribution is 5.84. The van der Waals surface area contributed by atoms with E-state index in [1.807, 2.05) is 38.1 Å². The minimum absolute atomic E-state index is 0.0140. The van der Waals surface area contributed by atoms with Crippen molar-refractivity contribution >= 4 is 18.0 Å². The molecule has 0 fully saturated rings. The molecule has 1 aliphatic rings. The molecule has 0 aliphatic heterocycles. The van der Waals surface area contributed by atoms with Gasteiger partial charge in [-0.2, -0.15) is 0 Å². The molecular weight excluding hydrogens is 444 g/mol. The predicted molar refractivity (Wildman–Crippen MR) is 135 cm³/mol. The average Bonchev–Trinajstić information content (AvgIpc) is 3.17. The van der Waals surface area contributed by atoms with Crippen molar-refractivity contribution in [2.24, 2.45) is 0 Å². The molecule has 2 aromatic rings. The van der Waals surface area contributed by atoms with E-state index in [9.17, 15) is 19.5 Å². The van der Waals surface area contributed by atoms with Crippen LogP contribution in [-0.4, -0.2) is 41.8 Å². The Kier molecular flexibility index (Phi) is 9.70. The molecule has 7 nitrogen and oxygen atoms in total. The number of amides is 2. The highest BCUT2D eigenvalue weighted by Crippen LogP contribution is 2.44. The van der Waals surface area contributed by atoms with Crippen LogP contribution in [0.2, 0.25) is 0 Å². The maximum Gasteiger partial charge on any atom is 0.407 e. The summed E-state index contributed by atoms with van der Waals surface area (Å²) in [5.41, 5.74) is 4.58. The van der Waals surface area contributed by atoms with E-state index in [1.54, 1.807) is 0 Å². The molecule has 0 bridgehead atoms. The lowest BCUT2D eigenvalue weighted by atomic mass is 9.98. The second kappa shape index (κ2) is 12.9. The molecule has 0 heterocycles. The second-order valence-electron chi connectivity index (χ2n) is 9.11. The zero-order valence-electron chi connectivity index (χ0n) is 20.6. The van der Waals surface area contributed by atoms with Crippen LogP contribution in [0.5, 0.6) is 0 Å². The van der Waals surface area contributed by atoms with Gasteiger partial charge in [-0.15, -0.1) is 0 Å². The lowest BCUT2D eigenvalue weighted by Gasteiger charge is -2.21. The molecule has 7 heteroatoms. The fourth-order valence-electron chi connectivity index (χ4n) is 4.63. The Bertz CT molecular complexity index is 976. The molecule has 1 aliphatic carbocycles. The van der Waals surface area contributed by atoms with Crippen LogP contribution in [0, 0.1) is 0 Å². The number of carbonyl (C=O) groups is 3. The molecule has 0 aromatic heterocycles. The quantitative estimate of drug-likeness (QED) is 0.364. The molecule has 2 amide bonds. The first kappa shape index (κ1) is 26.3. The third-order valence-electron chi connectivity index (χ3n) is 6.48. The molecule has 2 aromatic carbocycles. The zero-order chi connectivity index (χ0) is 25.2. The minimum Gasteiger partial charge on any atom is -0.480 e. The van der Waals surface area contributed by atoms with Gasteiger partial charge in [0.2, 0.25) is 5.91 Å². The summed E-state index contributed by atoms with van der Waals surface area (Å²) < 4.78 is 5.63. The number of hydrogen-bond donors (Lipinski definition) is 3. The number of aliphatic carboxylic acids is 1. The maximum atomic E-state index is 12.7. The van der Waals surface area contributed by atoms with E-state index in [4.69, 9.17) is 4.74 Å². The number of carboxylic acid groups (broad SMARTS) is 1. The lowest BCUT2D eigenvalue weighted by molar-refractivity contribution is -0.142. The van der Waals surface area contributed by atoms with E-state index in [2.05, 4.69) is 34.9 Å². The third kappa shape index (κ3) is 7.07. The number of hydrogen-bond acceptors (Lipinski definition) is 4. The standard InChI is InChI=1S/C28H36N2O5/c1-3-5-11-19(17-26(31)30-25(27(32)33)16-6-4-2)29-28(34)35-18-24-22-14-9-7-12-20(22)21-13-8-10-15-23(21)24/h7-10,12-15,19,24-25H,3-6,11,16-18H2,1-2H3,(H,29,34)(H,30,31)(H,32,33)/t19-,25?/m1/s1. The van der Waals surface area contributed by atoms with Crippen LogP contribution in [-0.2, 0) is 14.3 Å². The Labute approximate surface area is 207 Å². The van der Waals surface area contributed by atoms with Crippen molar-refractivity contribution < 1.29 is 24.2 Å². The number of ether oxygens (including phenoxy) is 1. The molecule has 3 N–H and O–H groups in total. The molecule has 35 heavy (non-hydrogen) atoms. The van der Waals surface area contributed by atoms with Gasteiger partial charge < -0.3 is 20.5 Å². The second-order valence-corrected chi connectivity index (χ2v) is 9.11. The monoisotopic (exact) mass is 480 g/mol. The first-order chi connectivity index (χ1) is 16.9. The summed E-state index contributed by atoms with van der Waals surface area (Å²) in [6.07, 6.45) is 3.76. The maximum absolute atomic E-state index is 12.7. The lowest BCUT2D eigenvalue weighted by Crippen LogP contribution is -2.45. The topological polar surface area (TPSA) is 105 Å². The van der Waals surface area contributed by atoms with Crippen LogP contribution in [0.15, 0.2) is 48.5 Å². The number of unbranched alkanes of at least 4 members (excludes halogenated alkanes) is 2. The van der Waals surface area contributed by atoms with Crippen LogP contribution in [0.1, 0.15) is 75.8 Å². The number of carbonyl (C=O) groups excluding carboxylic acids is 2. The zero-order valence-corrected chi connectivity index (χ0v) is 20.6. The van der Waals surface area contributed by atoms with E-state index in [1.165, 1.54) is 0 Å². The van der Waals surface area contributed by atoms with Gasteiger partial charge in [0.25, 0.3) is 0 Å². The molecule has 3 rings (SSSR count). The average molecular weight is 481 g/mol. The van der Waals surface area contributed by atoms with Gasteiger partial charge in [-0.3, -0.25) is 4.79 Å². The first-order valence-electron chi connectivity index (χ1n) is 12.6. The van der Waals surface area contributed by atoms with Crippen molar-refractivity contribution in [3.63, 3.8) is 0 Å². The van der Waals surface area contributed by atoms with E-state index >= 15 is 0 Å². The predicted octanol–water partition coefficient (Wildman–Crippen LogP) is 5.23. The number of nitrogens with one attached hydrogen (secondary N) is 2. The summed E-state index contributed by atoms with van der Waals surface area (Å²) in [7, 11) is 0. The number of fused-ring (bicyclic) bond motifs is 3. The molecule has 0 saturated carbocycles. The molecule has 2 atom stereocenters. The summed E-state index contributed by atoms with van der Waals surface area (Å²) in [5.74, 6) is -1.46. The van der Waals surface area contributed by atoms with Crippen molar-refractivity contribution in [1.29, 1.82) is 0 Å². The van der Waals surface area contributed by atoms with E-state index < -0.39 is 24.1 Å². The minimum atomic E-state index is -1.04. The van der Waals surface area contributed by atoms with Gasteiger partial charge in [-0.05, 0) is 35.1 Å². The van der Waals surface area contributed by atoms with E-state index in [0.717, 1.165) is 41.5 Å². The van der Waals surface area contributed by atoms with Crippen LogP contribution >= 0.6 is 0 Å². The number of alkyl carbamates (subject to hydrolysis) is 1. The number of benzene rings is 2. The molecule has 0 saturated heterocycles. The highest BCUT2D eigenvalue weighted by Gasteiger charge is 2.29. The Balaban J connectivity index is 1.59. The van der Waals surface area contributed by atoms with Crippen molar-refractivity contribution in [3.8, 4) is 11.1 Å². The molecule has 0 spiro atoms. The fourth-order valence-corrected chi connectivity index (χ4v) is 4.63. The Morgan fingerprint density at radius 3 is 2.03 bits per heavy atom. The SMILES string of the molecule is CCCCC(NC(=O)C[C@@H](CCCC)NC(=O)OCC1c2ccccc2-c2ccccc21)C(=O)O. The largest absolute Gasteiger partial charge is 0.480 e. The van der Waals surface area contributed by atoms with Crippen molar-refractivity contribution in [1.82, 2.24) is 10.6 Å². The highest BCUT2D eigenvalue weighted by atomic mass is 16.5. The van der Waals surface area contributed by atoms with Gasteiger partial charge in [-0.25, -0.2) is 9.59 Å². The molecular formula is C28H36N2O5. The van der Waals surface area contributed by atoms with Crippen LogP contribution in [0.4, 0.5) is 4.79 Å². The normalized spacial score (nSPS) is 13.9. The summed E-state index contributed by atoms with van der Waals surface area (Å²) in [4.78, 5) is 36.7. The molecule has 1 unspecified atom stereocenters. The fraction of sp³-hybridized carbons (Fsp3) is 0.464. The van der Waals surface area contributed by atoms with Crippen molar-refractivity contribution in [2.45, 2.75) is 76.8 Å². The van der Waals surface area contributed by atoms with Gasteiger partial charge in [-0.1, -0.05) is 88.1 Å². The molecule has 0 radical (unpaired) electrons. The van der Waals surface area contributed by atoms with Crippen LogP contribution in [0.3, 0.4) is 0 Å². The van der Waals surface area contributed by atoms with Crippen LogP contribution < -0.4 is 10.6 Å². The van der Waals surface area contributed by atoms with Gasteiger partial charge >= 0.3 is 12.1 Å². The van der Waals surface area contributed by atoms with Gasteiger partial charge in [0, 0.05) is 18.4 Å². The summed E-state index contributed by atoms with van der Waals surface area (Å²) in [5, 5.41) is 14.8. The van der Waals surface area contributed by atoms with E-state index in [-0.39, 0.29) is 24.9 Å². The molecule has 188 valence electrons. The van der Waals surface area contributed by atoms with Crippen molar-refractivity contribution in [3.05, 3.63) is 59.7 Å². The number of carboxylic acids is 1. The third-order valence-corrected chi connectivity index (χ3v) is 6.48. The Hall–Kier alpha value is -3.35. The smallest absolute Gasteiger partial charge is 0.407 e. The Morgan fingerprint density at radius 2 is 1.46 bits per heavy atom.